The van der Waals surface area contributed by atoms with Crippen LogP contribution in [0.15, 0.2) is 42.7 Å². The van der Waals surface area contributed by atoms with E-state index in [9.17, 15) is 4.79 Å². The molecule has 1 atom stereocenters. The molecule has 1 saturated heterocycles. The largest absolute Gasteiger partial charge is 0.348 e. The molecule has 1 amide bonds. The van der Waals surface area contributed by atoms with Crippen LogP contribution in [-0.4, -0.2) is 33.9 Å². The van der Waals surface area contributed by atoms with E-state index >= 15 is 0 Å². The van der Waals surface area contributed by atoms with E-state index in [1.165, 1.54) is 5.56 Å². The van der Waals surface area contributed by atoms with Crippen LogP contribution in [0.3, 0.4) is 0 Å². The minimum Gasteiger partial charge on any atom is -0.348 e. The van der Waals surface area contributed by atoms with Gasteiger partial charge in [-0.3, -0.25) is 4.79 Å². The first-order valence-corrected chi connectivity index (χ1v) is 7.67. The molecular weight excluding hydrogens is 276 g/mol. The summed E-state index contributed by atoms with van der Waals surface area (Å²) in [7, 11) is 0. The Kier molecular flexibility index (Phi) is 4.32. The number of benzene rings is 1. The van der Waals surface area contributed by atoms with Crippen molar-refractivity contribution >= 4 is 11.9 Å². The number of carbonyl (C=O) groups excluding carboxylic acids is 1. The zero-order valence-corrected chi connectivity index (χ0v) is 12.7. The Balaban J connectivity index is 1.65. The number of amides is 1. The fourth-order valence-corrected chi connectivity index (χ4v) is 2.63. The number of hydrogen-bond acceptors (Lipinski definition) is 4. The molecule has 1 aromatic heterocycles. The Labute approximate surface area is 130 Å². The number of rotatable bonds is 4. The summed E-state index contributed by atoms with van der Waals surface area (Å²) in [4.78, 5) is 22.6. The molecule has 5 nitrogen and oxygen atoms in total. The highest BCUT2D eigenvalue weighted by Crippen LogP contribution is 2.17. The van der Waals surface area contributed by atoms with E-state index in [1.54, 1.807) is 12.4 Å². The van der Waals surface area contributed by atoms with Gasteiger partial charge in [0.2, 0.25) is 5.95 Å². The van der Waals surface area contributed by atoms with Crippen LogP contribution >= 0.6 is 0 Å². The van der Waals surface area contributed by atoms with Crippen molar-refractivity contribution < 1.29 is 4.79 Å². The van der Waals surface area contributed by atoms with Gasteiger partial charge in [-0.15, -0.1) is 0 Å². The Bertz CT molecular complexity index is 621. The van der Waals surface area contributed by atoms with Crippen LogP contribution in [0.25, 0.3) is 0 Å². The van der Waals surface area contributed by atoms with Crippen molar-refractivity contribution in [2.24, 2.45) is 0 Å². The van der Waals surface area contributed by atoms with Crippen molar-refractivity contribution in [2.75, 3.05) is 18.4 Å². The van der Waals surface area contributed by atoms with Gasteiger partial charge in [0.25, 0.3) is 5.91 Å². The van der Waals surface area contributed by atoms with E-state index in [0.717, 1.165) is 25.9 Å². The molecule has 0 bridgehead atoms. The average molecular weight is 296 g/mol. The molecule has 5 heteroatoms. The summed E-state index contributed by atoms with van der Waals surface area (Å²) < 4.78 is 0. The summed E-state index contributed by atoms with van der Waals surface area (Å²) in [5, 5.41) is 3.25. The molecular formula is C17H20N4O. The van der Waals surface area contributed by atoms with Gasteiger partial charge in [0.15, 0.2) is 0 Å². The van der Waals surface area contributed by atoms with Crippen molar-refractivity contribution in [3.8, 4) is 0 Å². The quantitative estimate of drug-likeness (QED) is 0.942. The van der Waals surface area contributed by atoms with Gasteiger partial charge in [-0.1, -0.05) is 30.3 Å². The predicted molar refractivity (Wildman–Crippen MR) is 85.6 cm³/mol. The molecule has 0 saturated carbocycles. The fraction of sp³-hybridized carbons (Fsp3) is 0.353. The third-order valence-corrected chi connectivity index (χ3v) is 3.94. The van der Waals surface area contributed by atoms with Crippen LogP contribution in [0.1, 0.15) is 41.7 Å². The van der Waals surface area contributed by atoms with Crippen molar-refractivity contribution in [3.63, 3.8) is 0 Å². The smallest absolute Gasteiger partial charge is 0.256 e. The van der Waals surface area contributed by atoms with Crippen LogP contribution in [0.4, 0.5) is 5.95 Å². The second-order valence-corrected chi connectivity index (χ2v) is 5.57. The van der Waals surface area contributed by atoms with Crippen molar-refractivity contribution in [1.29, 1.82) is 0 Å². The monoisotopic (exact) mass is 296 g/mol. The lowest BCUT2D eigenvalue weighted by Crippen LogP contribution is -2.27. The summed E-state index contributed by atoms with van der Waals surface area (Å²) in [6.45, 7) is 3.73. The van der Waals surface area contributed by atoms with Gasteiger partial charge in [-0.25, -0.2) is 9.97 Å². The van der Waals surface area contributed by atoms with Crippen molar-refractivity contribution in [3.05, 3.63) is 53.9 Å². The molecule has 0 spiro atoms. The third kappa shape index (κ3) is 3.24. The third-order valence-electron chi connectivity index (χ3n) is 3.94. The molecule has 1 aromatic carbocycles. The maximum Gasteiger partial charge on any atom is 0.256 e. The number of carbonyl (C=O) groups is 1. The fourth-order valence-electron chi connectivity index (χ4n) is 2.63. The molecule has 0 radical (unpaired) electrons. The Morgan fingerprint density at radius 3 is 2.41 bits per heavy atom. The average Bonchev–Trinajstić information content (AvgIpc) is 3.10. The molecule has 1 aliphatic heterocycles. The molecule has 1 aliphatic rings. The lowest BCUT2D eigenvalue weighted by molar-refractivity contribution is 0.0792. The normalized spacial score (nSPS) is 15.6. The SMILES string of the molecule is CC(Nc1ncc(C(=O)N2CCCC2)cn1)c1ccccc1. The van der Waals surface area contributed by atoms with Crippen molar-refractivity contribution in [1.82, 2.24) is 14.9 Å². The van der Waals surface area contributed by atoms with E-state index in [4.69, 9.17) is 0 Å². The van der Waals surface area contributed by atoms with Gasteiger partial charge in [-0.2, -0.15) is 0 Å². The molecule has 2 heterocycles. The summed E-state index contributed by atoms with van der Waals surface area (Å²) in [6.07, 6.45) is 5.38. The van der Waals surface area contributed by atoms with Crippen LogP contribution in [0, 0.1) is 0 Å². The summed E-state index contributed by atoms with van der Waals surface area (Å²) in [5.41, 5.74) is 1.73. The van der Waals surface area contributed by atoms with E-state index in [2.05, 4.69) is 34.3 Å². The standard InChI is InChI=1S/C17H20N4O/c1-13(14-7-3-2-4-8-14)20-17-18-11-15(12-19-17)16(22)21-9-5-6-10-21/h2-4,7-8,11-13H,5-6,9-10H2,1H3,(H,18,19,20). The van der Waals surface area contributed by atoms with Gasteiger partial charge in [-0.05, 0) is 25.3 Å². The van der Waals surface area contributed by atoms with Gasteiger partial charge in [0, 0.05) is 25.5 Å². The molecule has 114 valence electrons. The molecule has 22 heavy (non-hydrogen) atoms. The zero-order valence-electron chi connectivity index (χ0n) is 12.7. The first kappa shape index (κ1) is 14.5. The lowest BCUT2D eigenvalue weighted by atomic mass is 10.1. The summed E-state index contributed by atoms with van der Waals surface area (Å²) in [5.74, 6) is 0.564. The topological polar surface area (TPSA) is 58.1 Å². The van der Waals surface area contributed by atoms with Gasteiger partial charge in [0.1, 0.15) is 0 Å². The van der Waals surface area contributed by atoms with Crippen LogP contribution < -0.4 is 5.32 Å². The first-order valence-electron chi connectivity index (χ1n) is 7.67. The highest BCUT2D eigenvalue weighted by Gasteiger charge is 2.20. The second-order valence-electron chi connectivity index (χ2n) is 5.57. The first-order chi connectivity index (χ1) is 10.7. The second kappa shape index (κ2) is 6.56. The molecule has 0 aliphatic carbocycles. The number of nitrogens with one attached hydrogen (secondary N) is 1. The van der Waals surface area contributed by atoms with Gasteiger partial charge in [0.05, 0.1) is 11.6 Å². The highest BCUT2D eigenvalue weighted by atomic mass is 16.2. The number of aromatic nitrogens is 2. The molecule has 3 rings (SSSR count). The van der Waals surface area contributed by atoms with Gasteiger partial charge >= 0.3 is 0 Å². The van der Waals surface area contributed by atoms with E-state index < -0.39 is 0 Å². The maximum absolute atomic E-state index is 12.2. The van der Waals surface area contributed by atoms with Crippen LogP contribution in [-0.2, 0) is 0 Å². The Morgan fingerprint density at radius 1 is 1.14 bits per heavy atom. The predicted octanol–water partition coefficient (Wildman–Crippen LogP) is 2.89. The zero-order chi connectivity index (χ0) is 15.4. The Morgan fingerprint density at radius 2 is 1.77 bits per heavy atom. The van der Waals surface area contributed by atoms with E-state index in [1.807, 2.05) is 23.1 Å². The molecule has 1 N–H and O–H groups in total. The maximum atomic E-state index is 12.2. The minimum atomic E-state index is 0.0279. The van der Waals surface area contributed by atoms with E-state index in [-0.39, 0.29) is 11.9 Å². The Hall–Kier alpha value is -2.43. The van der Waals surface area contributed by atoms with Crippen LogP contribution in [0.2, 0.25) is 0 Å². The molecule has 1 fully saturated rings. The summed E-state index contributed by atoms with van der Waals surface area (Å²) in [6, 6.07) is 10.2. The molecule has 1 unspecified atom stereocenters. The van der Waals surface area contributed by atoms with E-state index in [0.29, 0.717) is 11.5 Å². The number of likely N-dealkylation sites (tertiary alicyclic amines) is 1. The lowest BCUT2D eigenvalue weighted by Gasteiger charge is -2.16. The number of nitrogens with zero attached hydrogens (tertiary/aromatic N) is 3. The number of hydrogen-bond donors (Lipinski definition) is 1. The minimum absolute atomic E-state index is 0.0279. The molecule has 2 aromatic rings. The van der Waals surface area contributed by atoms with Gasteiger partial charge < -0.3 is 10.2 Å². The number of anilines is 1. The highest BCUT2D eigenvalue weighted by molar-refractivity contribution is 5.93. The summed E-state index contributed by atoms with van der Waals surface area (Å²) >= 11 is 0. The van der Waals surface area contributed by atoms with Crippen LogP contribution in [0.5, 0.6) is 0 Å². The van der Waals surface area contributed by atoms with Crippen molar-refractivity contribution in [2.45, 2.75) is 25.8 Å².